The molecular weight excluding hydrogens is 451 g/mol. The van der Waals surface area contributed by atoms with Gasteiger partial charge >= 0.3 is 12.1 Å². The van der Waals surface area contributed by atoms with Gasteiger partial charge in [0.2, 0.25) is 11.9 Å². The molecule has 34 heavy (non-hydrogen) atoms. The maximum absolute atomic E-state index is 12.8. The molecule has 1 unspecified atom stereocenters. The Labute approximate surface area is 199 Å². The monoisotopic (exact) mass is 489 g/mol. The Morgan fingerprint density at radius 3 is 2.24 bits per heavy atom. The molecule has 194 valence electrons. The molecule has 0 spiro atoms. The van der Waals surface area contributed by atoms with Gasteiger partial charge in [-0.15, -0.1) is 0 Å². The molecule has 11 heteroatoms. The highest BCUT2D eigenvalue weighted by molar-refractivity contribution is 5.84. The van der Waals surface area contributed by atoms with E-state index in [1.165, 1.54) is 12.8 Å². The average Bonchev–Trinajstić information content (AvgIpc) is 3.19. The molecule has 1 fully saturated rings. The number of aliphatic carboxylic acids is 1. The third-order valence-corrected chi connectivity index (χ3v) is 5.24. The van der Waals surface area contributed by atoms with Crippen LogP contribution < -0.4 is 16.0 Å². The zero-order chi connectivity index (χ0) is 25.9. The van der Waals surface area contributed by atoms with Crippen molar-refractivity contribution in [1.82, 2.24) is 15.3 Å². The lowest BCUT2D eigenvalue weighted by molar-refractivity contribution is -0.192. The number of hydrogen-bond acceptors (Lipinski definition) is 6. The topological polar surface area (TPSA) is 116 Å². The van der Waals surface area contributed by atoms with Crippen LogP contribution in [-0.2, 0) is 9.59 Å². The molecule has 2 atom stereocenters. The summed E-state index contributed by atoms with van der Waals surface area (Å²) in [5.74, 6) is -0.922. The molecule has 0 radical (unpaired) electrons. The third kappa shape index (κ3) is 11.5. The fourth-order valence-corrected chi connectivity index (χ4v) is 3.69. The normalized spacial score (nSPS) is 15.8. The number of carbonyl (C=O) groups excluding carboxylic acids is 1. The lowest BCUT2D eigenvalue weighted by atomic mass is 10.0. The summed E-state index contributed by atoms with van der Waals surface area (Å²) in [5.41, 5.74) is 0.887. The lowest BCUT2D eigenvalue weighted by Gasteiger charge is -2.23. The number of nitrogens with one attached hydrogen (secondary N) is 3. The number of hydrogen-bond donors (Lipinski definition) is 4. The number of aromatic nitrogens is 2. The first-order valence-corrected chi connectivity index (χ1v) is 11.8. The van der Waals surface area contributed by atoms with Crippen LogP contribution in [0.15, 0.2) is 6.07 Å². The largest absolute Gasteiger partial charge is 0.490 e. The van der Waals surface area contributed by atoms with Crippen LogP contribution in [0.5, 0.6) is 0 Å². The standard InChI is InChI=1S/C21H37N5O.C2HF3O2/c1-6-9-15(4)22-21-23-16(5)13-19(26-21)25-18(12-14(2)3)20(27)24-17-10-7-8-11-17;3-2(4,5)1(6)7/h13-15,17-18H,6-12H2,1-5H3,(H,24,27)(H2,22,23,25,26);(H,6,7)/t15?,18-;/m0./s1. The van der Waals surface area contributed by atoms with Gasteiger partial charge in [-0.25, -0.2) is 9.78 Å². The number of rotatable bonds is 10. The summed E-state index contributed by atoms with van der Waals surface area (Å²) < 4.78 is 31.7. The Morgan fingerprint density at radius 2 is 1.74 bits per heavy atom. The van der Waals surface area contributed by atoms with Crippen molar-refractivity contribution >= 4 is 23.6 Å². The molecular formula is C23H38F3N5O3. The molecule has 1 amide bonds. The van der Waals surface area contributed by atoms with Gasteiger partial charge in [-0.3, -0.25) is 4.79 Å². The predicted molar refractivity (Wildman–Crippen MR) is 126 cm³/mol. The van der Waals surface area contributed by atoms with E-state index in [-0.39, 0.29) is 11.9 Å². The fourth-order valence-electron chi connectivity index (χ4n) is 3.69. The van der Waals surface area contributed by atoms with Gasteiger partial charge in [-0.05, 0) is 45.4 Å². The minimum atomic E-state index is -5.08. The molecule has 1 aliphatic carbocycles. The Balaban J connectivity index is 0.000000718. The van der Waals surface area contributed by atoms with Crippen LogP contribution in [0.4, 0.5) is 24.9 Å². The minimum Gasteiger partial charge on any atom is -0.475 e. The number of anilines is 2. The first-order chi connectivity index (χ1) is 15.8. The van der Waals surface area contributed by atoms with Crippen molar-refractivity contribution in [2.75, 3.05) is 10.6 Å². The van der Waals surface area contributed by atoms with Gasteiger partial charge in [-0.2, -0.15) is 18.2 Å². The van der Waals surface area contributed by atoms with Crippen molar-refractivity contribution in [3.63, 3.8) is 0 Å². The Bertz CT molecular complexity index is 784. The number of carboxylic acid groups (broad SMARTS) is 1. The molecule has 0 bridgehead atoms. The number of nitrogens with zero attached hydrogens (tertiary/aromatic N) is 2. The minimum absolute atomic E-state index is 0.0840. The number of alkyl halides is 3. The van der Waals surface area contributed by atoms with Gasteiger partial charge in [0.25, 0.3) is 0 Å². The highest BCUT2D eigenvalue weighted by Crippen LogP contribution is 2.20. The fraction of sp³-hybridized carbons (Fsp3) is 0.739. The lowest BCUT2D eigenvalue weighted by Crippen LogP contribution is -2.44. The van der Waals surface area contributed by atoms with Crippen LogP contribution in [0.2, 0.25) is 0 Å². The van der Waals surface area contributed by atoms with Gasteiger partial charge in [0.1, 0.15) is 11.9 Å². The first kappa shape index (κ1) is 29.4. The zero-order valence-corrected chi connectivity index (χ0v) is 20.6. The van der Waals surface area contributed by atoms with Gasteiger partial charge in [0.15, 0.2) is 0 Å². The van der Waals surface area contributed by atoms with Crippen LogP contribution in [-0.4, -0.2) is 51.3 Å². The van der Waals surface area contributed by atoms with Crippen LogP contribution in [0.25, 0.3) is 0 Å². The van der Waals surface area contributed by atoms with Crippen LogP contribution in [0.1, 0.15) is 78.3 Å². The molecule has 1 aromatic rings. The third-order valence-electron chi connectivity index (χ3n) is 5.24. The molecule has 1 aromatic heterocycles. The summed E-state index contributed by atoms with van der Waals surface area (Å²) >= 11 is 0. The summed E-state index contributed by atoms with van der Waals surface area (Å²) in [6.07, 6.45) is 2.48. The van der Waals surface area contributed by atoms with E-state index in [9.17, 15) is 18.0 Å². The maximum atomic E-state index is 12.8. The molecule has 0 saturated heterocycles. The van der Waals surface area contributed by atoms with E-state index in [4.69, 9.17) is 9.90 Å². The number of carbonyl (C=O) groups is 2. The summed E-state index contributed by atoms with van der Waals surface area (Å²) in [4.78, 5) is 30.8. The van der Waals surface area contributed by atoms with Crippen molar-refractivity contribution in [3.8, 4) is 0 Å². The van der Waals surface area contributed by atoms with Crippen LogP contribution in [0, 0.1) is 12.8 Å². The Morgan fingerprint density at radius 1 is 1.15 bits per heavy atom. The van der Waals surface area contributed by atoms with Gasteiger partial charge in [0, 0.05) is 23.8 Å². The number of amides is 1. The van der Waals surface area contributed by atoms with Crippen LogP contribution >= 0.6 is 0 Å². The Hall–Kier alpha value is -2.59. The highest BCUT2D eigenvalue weighted by atomic mass is 19.4. The molecule has 4 N–H and O–H groups in total. The van der Waals surface area contributed by atoms with E-state index in [0.717, 1.165) is 37.8 Å². The van der Waals surface area contributed by atoms with E-state index in [1.54, 1.807) is 0 Å². The summed E-state index contributed by atoms with van der Waals surface area (Å²) in [5, 5.41) is 17.1. The second kappa shape index (κ2) is 14.0. The van der Waals surface area contributed by atoms with Crippen molar-refractivity contribution in [1.29, 1.82) is 0 Å². The molecule has 0 aliphatic heterocycles. The molecule has 0 aromatic carbocycles. The second-order valence-electron chi connectivity index (χ2n) is 9.17. The summed E-state index contributed by atoms with van der Waals surface area (Å²) in [6.45, 7) is 10.5. The molecule has 8 nitrogen and oxygen atoms in total. The van der Waals surface area contributed by atoms with Crippen molar-refractivity contribution in [2.45, 2.75) is 104 Å². The van der Waals surface area contributed by atoms with Crippen molar-refractivity contribution in [3.05, 3.63) is 11.8 Å². The number of aryl methyl sites for hydroxylation is 1. The van der Waals surface area contributed by atoms with Crippen molar-refractivity contribution in [2.24, 2.45) is 5.92 Å². The summed E-state index contributed by atoms with van der Waals surface area (Å²) in [6, 6.07) is 2.28. The van der Waals surface area contributed by atoms with E-state index in [1.807, 2.05) is 13.0 Å². The van der Waals surface area contributed by atoms with E-state index < -0.39 is 12.1 Å². The SMILES string of the molecule is CCCC(C)Nc1nc(C)cc(N[C@@H](CC(C)C)C(=O)NC2CCCC2)n1.O=C(O)C(F)(F)F. The zero-order valence-electron chi connectivity index (χ0n) is 20.6. The summed E-state index contributed by atoms with van der Waals surface area (Å²) in [7, 11) is 0. The quantitative estimate of drug-likeness (QED) is 0.369. The number of carboxylic acids is 1. The Kier molecular flexibility index (Phi) is 12.1. The van der Waals surface area contributed by atoms with Gasteiger partial charge in [0.05, 0.1) is 0 Å². The smallest absolute Gasteiger partial charge is 0.475 e. The van der Waals surface area contributed by atoms with E-state index >= 15 is 0 Å². The van der Waals surface area contributed by atoms with Gasteiger partial charge < -0.3 is 21.1 Å². The molecule has 1 saturated carbocycles. The maximum Gasteiger partial charge on any atom is 0.490 e. The molecule has 1 aliphatic rings. The average molecular weight is 490 g/mol. The first-order valence-electron chi connectivity index (χ1n) is 11.8. The number of halogens is 3. The highest BCUT2D eigenvalue weighted by Gasteiger charge is 2.38. The van der Waals surface area contributed by atoms with E-state index in [0.29, 0.717) is 29.8 Å². The van der Waals surface area contributed by atoms with Crippen molar-refractivity contribution < 1.29 is 27.9 Å². The molecule has 1 heterocycles. The van der Waals surface area contributed by atoms with E-state index in [2.05, 4.69) is 53.6 Å². The second-order valence-corrected chi connectivity index (χ2v) is 9.17. The predicted octanol–water partition coefficient (Wildman–Crippen LogP) is 4.90. The van der Waals surface area contributed by atoms with Gasteiger partial charge in [-0.1, -0.05) is 40.0 Å². The molecule has 2 rings (SSSR count). The van der Waals surface area contributed by atoms with Crippen LogP contribution in [0.3, 0.4) is 0 Å².